The van der Waals surface area contributed by atoms with Crippen LogP contribution in [0, 0.1) is 6.92 Å². The molecule has 23 heavy (non-hydrogen) atoms. The number of hydrogen-bond acceptors (Lipinski definition) is 1. The van der Waals surface area contributed by atoms with Crippen LogP contribution in [0.25, 0.3) is 11.1 Å². The maximum atomic E-state index is 12.8. The van der Waals surface area contributed by atoms with Gasteiger partial charge in [0, 0.05) is 5.56 Å². The zero-order valence-electron chi connectivity index (χ0n) is 14.4. The summed E-state index contributed by atoms with van der Waals surface area (Å²) in [5, 5.41) is 1.08. The van der Waals surface area contributed by atoms with E-state index in [9.17, 15) is 4.79 Å². The Labute approximate surface area is 152 Å². The Morgan fingerprint density at radius 2 is 1.43 bits per heavy atom. The normalized spacial score (nSPS) is 10.5. The minimum absolute atomic E-state index is 0. The fourth-order valence-corrected chi connectivity index (χ4v) is 3.62. The van der Waals surface area contributed by atoms with Crippen molar-refractivity contribution in [1.82, 2.24) is 0 Å². The average molecular weight is 312 g/mol. The molecule has 0 aliphatic heterocycles. The molecule has 3 rings (SSSR count). The molecule has 0 radical (unpaired) electrons. The van der Waals surface area contributed by atoms with Gasteiger partial charge in [0.15, 0.2) is 5.52 Å². The van der Waals surface area contributed by atoms with E-state index < -0.39 is 0 Å². The van der Waals surface area contributed by atoms with E-state index in [0.717, 1.165) is 27.6 Å². The summed E-state index contributed by atoms with van der Waals surface area (Å²) in [4.78, 5) is 12.8. The molecule has 3 aromatic rings. The van der Waals surface area contributed by atoms with Crippen LogP contribution in [0.15, 0.2) is 78.9 Å². The molecule has 1 atom stereocenters. The molecule has 0 saturated carbocycles. The van der Waals surface area contributed by atoms with E-state index in [0.29, 0.717) is 0 Å². The minimum atomic E-state index is 0. The van der Waals surface area contributed by atoms with E-state index >= 15 is 0 Å². The summed E-state index contributed by atoms with van der Waals surface area (Å²) in [7, 11) is 0.154. The van der Waals surface area contributed by atoms with Crippen molar-refractivity contribution in [3.63, 3.8) is 0 Å². The van der Waals surface area contributed by atoms with E-state index in [1.165, 1.54) is 0 Å². The molecule has 0 aliphatic rings. The van der Waals surface area contributed by atoms with Gasteiger partial charge in [0.05, 0.1) is 0 Å². The monoisotopic (exact) mass is 312 g/mol. The van der Waals surface area contributed by atoms with Gasteiger partial charge in [-0.25, -0.2) is 0 Å². The number of carbonyl (C=O) groups excluding carboxylic acids is 1. The van der Waals surface area contributed by atoms with Gasteiger partial charge in [-0.2, -0.15) is 0 Å². The molecule has 0 fully saturated rings. The van der Waals surface area contributed by atoms with E-state index in [2.05, 4.69) is 12.1 Å². The molecule has 3 heteroatoms. The van der Waals surface area contributed by atoms with E-state index in [4.69, 9.17) is 0 Å². The van der Waals surface area contributed by atoms with Gasteiger partial charge in [0.2, 0.25) is 0 Å². The fraction of sp³-hybridized carbons (Fsp3) is 0.0500. The van der Waals surface area contributed by atoms with Gasteiger partial charge in [-0.15, -0.1) is 0 Å². The van der Waals surface area contributed by atoms with Gasteiger partial charge in [0.1, 0.15) is 0 Å². The van der Waals surface area contributed by atoms with Gasteiger partial charge in [0.25, 0.3) is 0 Å². The van der Waals surface area contributed by atoms with Crippen molar-refractivity contribution in [3.8, 4) is 11.1 Å². The Hall–Kier alpha value is -1.64. The third kappa shape index (κ3) is 4.21. The first kappa shape index (κ1) is 17.7. The van der Waals surface area contributed by atoms with Crippen LogP contribution in [0.2, 0.25) is 0 Å². The summed E-state index contributed by atoms with van der Waals surface area (Å²) in [5.41, 5.74) is 4.19. The molecule has 0 bridgehead atoms. The first-order chi connectivity index (χ1) is 10.8. The van der Waals surface area contributed by atoms with Gasteiger partial charge < -0.3 is 1.43 Å². The van der Waals surface area contributed by atoms with E-state index in [1.54, 1.807) is 0 Å². The van der Waals surface area contributed by atoms with Crippen LogP contribution >= 0.6 is 8.58 Å². The van der Waals surface area contributed by atoms with Crippen LogP contribution in [0.3, 0.4) is 0 Å². The van der Waals surface area contributed by atoms with Crippen LogP contribution in [0.5, 0.6) is 0 Å². The molecule has 0 aliphatic carbocycles. The summed E-state index contributed by atoms with van der Waals surface area (Å²) in [6.07, 6.45) is 0. The Balaban J connectivity index is 0.00000144. The van der Waals surface area contributed by atoms with E-state index in [-0.39, 0.29) is 34.4 Å². The summed E-state index contributed by atoms with van der Waals surface area (Å²) in [5.74, 6) is 0. The molecule has 0 saturated heterocycles. The maximum Gasteiger partial charge on any atom is 1.00 e. The Kier molecular flexibility index (Phi) is 6.37. The second kappa shape index (κ2) is 8.28. The number of aryl methyl sites for hydroxylation is 1. The standard InChI is InChI=1S/C20H17OP.Li.H/c1-15-9-8-14-18(16-10-4-2-5-11-16)19(15)20(21)22-17-12-6-3-7-13-17;;/h2-14,22H,1H3;;/q;+1;-1. The molecule has 0 N–H and O–H groups in total. The quantitative estimate of drug-likeness (QED) is 0.531. The molecule has 0 amide bonds. The van der Waals surface area contributed by atoms with Crippen LogP contribution in [0.1, 0.15) is 17.3 Å². The van der Waals surface area contributed by atoms with Crippen molar-refractivity contribution in [2.75, 3.05) is 0 Å². The molecular formula is C20H18LiOP. The molecule has 1 nitrogen and oxygen atoms in total. The molecule has 0 heterocycles. The van der Waals surface area contributed by atoms with Crippen LogP contribution in [-0.2, 0) is 0 Å². The van der Waals surface area contributed by atoms with Crippen molar-refractivity contribution in [3.05, 3.63) is 90.0 Å². The Bertz CT molecular complexity index is 791. The first-order valence-corrected chi connectivity index (χ1v) is 8.27. The third-order valence-electron chi connectivity index (χ3n) is 3.62. The zero-order valence-corrected chi connectivity index (χ0v) is 14.4. The van der Waals surface area contributed by atoms with Crippen molar-refractivity contribution in [2.45, 2.75) is 6.92 Å². The van der Waals surface area contributed by atoms with Crippen molar-refractivity contribution in [1.29, 1.82) is 0 Å². The fourth-order valence-electron chi connectivity index (χ4n) is 2.54. The summed E-state index contributed by atoms with van der Waals surface area (Å²) in [6, 6.07) is 26.1. The summed E-state index contributed by atoms with van der Waals surface area (Å²) in [6.45, 7) is 2.01. The molecule has 3 aromatic carbocycles. The van der Waals surface area contributed by atoms with Gasteiger partial charge in [-0.3, -0.25) is 4.79 Å². The van der Waals surface area contributed by atoms with Crippen LogP contribution in [0.4, 0.5) is 0 Å². The van der Waals surface area contributed by atoms with Crippen molar-refractivity contribution in [2.24, 2.45) is 0 Å². The smallest absolute Gasteiger partial charge is 1.00 e. The minimum Gasteiger partial charge on any atom is -1.00 e. The van der Waals surface area contributed by atoms with Gasteiger partial charge in [-0.05, 0) is 37.5 Å². The Morgan fingerprint density at radius 3 is 2.09 bits per heavy atom. The molecule has 0 aromatic heterocycles. The predicted molar refractivity (Wildman–Crippen MR) is 96.4 cm³/mol. The van der Waals surface area contributed by atoms with Crippen LogP contribution < -0.4 is 24.2 Å². The molecule has 110 valence electrons. The van der Waals surface area contributed by atoms with Gasteiger partial charge >= 0.3 is 18.9 Å². The number of carbonyl (C=O) groups is 1. The number of rotatable bonds is 4. The number of hydrogen-bond donors (Lipinski definition) is 0. The Morgan fingerprint density at radius 1 is 0.826 bits per heavy atom. The second-order valence-corrected chi connectivity index (χ2v) is 6.47. The second-order valence-electron chi connectivity index (χ2n) is 5.18. The summed E-state index contributed by atoms with van der Waals surface area (Å²) >= 11 is 0. The van der Waals surface area contributed by atoms with Gasteiger partial charge in [-0.1, -0.05) is 78.9 Å². The summed E-state index contributed by atoms with van der Waals surface area (Å²) < 4.78 is 0. The average Bonchev–Trinajstić information content (AvgIpc) is 2.56. The van der Waals surface area contributed by atoms with E-state index in [1.807, 2.05) is 73.7 Å². The van der Waals surface area contributed by atoms with Crippen LogP contribution in [-0.4, -0.2) is 5.52 Å². The predicted octanol–water partition coefficient (Wildman–Crippen LogP) is 1.92. The largest absolute Gasteiger partial charge is 1.00 e. The maximum absolute atomic E-state index is 12.8. The molecule has 1 unspecified atom stereocenters. The SMILES string of the molecule is Cc1cccc(-c2ccccc2)c1C(=O)Pc1ccccc1.[H-].[Li+]. The van der Waals surface area contributed by atoms with Crippen molar-refractivity contribution < 1.29 is 25.1 Å². The third-order valence-corrected chi connectivity index (χ3v) is 4.72. The molecular weight excluding hydrogens is 294 g/mol. The topological polar surface area (TPSA) is 17.1 Å². The van der Waals surface area contributed by atoms with Crippen molar-refractivity contribution >= 4 is 19.4 Å². The number of benzene rings is 3. The molecule has 0 spiro atoms. The first-order valence-electron chi connectivity index (χ1n) is 7.27. The zero-order chi connectivity index (χ0) is 15.4.